The summed E-state index contributed by atoms with van der Waals surface area (Å²) in [6.45, 7) is 32.6. The molecule has 0 bridgehead atoms. The fourth-order valence-electron chi connectivity index (χ4n) is 11.5. The molecule has 0 aromatic rings. The van der Waals surface area contributed by atoms with Gasteiger partial charge in [0, 0.05) is 136 Å². The minimum absolute atomic E-state index is 0.0449. The summed E-state index contributed by atoms with van der Waals surface area (Å²) < 4.78 is 35.8. The van der Waals surface area contributed by atoms with Gasteiger partial charge in [0.15, 0.2) is 0 Å². The number of esters is 6. The van der Waals surface area contributed by atoms with Crippen LogP contribution in [0.5, 0.6) is 0 Å². The van der Waals surface area contributed by atoms with E-state index in [9.17, 15) is 57.5 Å². The highest BCUT2D eigenvalue weighted by molar-refractivity contribution is 5.90. The van der Waals surface area contributed by atoms with Gasteiger partial charge in [0.25, 0.3) is 0 Å². The van der Waals surface area contributed by atoms with Crippen molar-refractivity contribution in [2.45, 2.75) is 216 Å². The Labute approximate surface area is 622 Å². The lowest BCUT2D eigenvalue weighted by molar-refractivity contribution is -0.149. The van der Waals surface area contributed by atoms with E-state index in [0.29, 0.717) is 131 Å². The lowest BCUT2D eigenvalue weighted by Gasteiger charge is -2.31. The van der Waals surface area contributed by atoms with Crippen molar-refractivity contribution in [2.75, 3.05) is 167 Å². The molecule has 6 heterocycles. The molecule has 28 heteroatoms. The molecule has 28 nitrogen and oxygen atoms in total. The maximum absolute atomic E-state index is 11.8. The van der Waals surface area contributed by atoms with Crippen molar-refractivity contribution in [3.8, 4) is 0 Å². The minimum Gasteiger partial charge on any atom is -0.465 e. The Morgan fingerprint density at radius 2 is 0.663 bits per heavy atom. The molecule has 6 rings (SSSR count). The van der Waals surface area contributed by atoms with Crippen LogP contribution in [-0.2, 0) is 90.7 Å². The highest BCUT2D eigenvalue weighted by atomic mass is 16.6. The average molecular weight is 1480 g/mol. The topological polar surface area (TPSA) is 316 Å². The van der Waals surface area contributed by atoms with Gasteiger partial charge >= 0.3 is 35.8 Å². The quantitative estimate of drug-likeness (QED) is 0.0376. The molecule has 0 aromatic carbocycles. The molecule has 600 valence electrons. The summed E-state index contributed by atoms with van der Waals surface area (Å²) in [6.07, 6.45) is 14.8. The van der Waals surface area contributed by atoms with Crippen LogP contribution in [-0.4, -0.2) is 294 Å². The molecular formula is C76H136N8O20. The number of likely N-dealkylation sites (tertiary alicyclic amines) is 6. The number of aliphatic hydroxyl groups is 1. The van der Waals surface area contributed by atoms with E-state index in [2.05, 4.69) is 18.7 Å². The largest absolute Gasteiger partial charge is 0.465 e. The van der Waals surface area contributed by atoms with Gasteiger partial charge in [-0.15, -0.1) is 0 Å². The van der Waals surface area contributed by atoms with Crippen LogP contribution in [0, 0.1) is 35.5 Å². The molecule has 0 radical (unpaired) electrons. The van der Waals surface area contributed by atoms with E-state index in [4.69, 9.17) is 38.3 Å². The summed E-state index contributed by atoms with van der Waals surface area (Å²) in [5.74, 6) is -2.86. The maximum Gasteiger partial charge on any atom is 0.311 e. The number of β-amino-alcohol motifs (C(OH)–C–C–N with tert-alkyl or cyclic N) is 1. The van der Waals surface area contributed by atoms with E-state index in [0.717, 1.165) is 110 Å². The van der Waals surface area contributed by atoms with Crippen LogP contribution in [0.15, 0.2) is 0 Å². The van der Waals surface area contributed by atoms with Gasteiger partial charge in [-0.25, -0.2) is 0 Å². The first-order chi connectivity index (χ1) is 49.4. The van der Waals surface area contributed by atoms with Crippen LogP contribution in [0.3, 0.4) is 0 Å². The van der Waals surface area contributed by atoms with E-state index < -0.39 is 0 Å². The normalized spacial score (nSPS) is 20.0. The van der Waals surface area contributed by atoms with Crippen molar-refractivity contribution in [3.63, 3.8) is 0 Å². The Bertz CT molecular complexity index is 2570. The number of rotatable bonds is 38. The summed E-state index contributed by atoms with van der Waals surface area (Å²) >= 11 is 0. The Balaban J connectivity index is 0.000000625. The average Bonchev–Trinajstić information content (AvgIpc) is 1.69. The Morgan fingerprint density at radius 3 is 0.933 bits per heavy atom. The summed E-state index contributed by atoms with van der Waals surface area (Å²) in [7, 11) is 9.60. The first-order valence-corrected chi connectivity index (χ1v) is 38.5. The fraction of sp³-hybridized carbons (Fsp3) is 0.842. The van der Waals surface area contributed by atoms with Crippen molar-refractivity contribution in [1.29, 1.82) is 0 Å². The van der Waals surface area contributed by atoms with Crippen molar-refractivity contribution < 1.29 is 95.8 Å². The van der Waals surface area contributed by atoms with Crippen LogP contribution in [0.25, 0.3) is 0 Å². The zero-order valence-electron chi connectivity index (χ0n) is 66.6. The predicted octanol–water partition coefficient (Wildman–Crippen LogP) is 6.82. The molecular weight excluding hydrogens is 1340 g/mol. The second-order valence-electron chi connectivity index (χ2n) is 29.2. The second kappa shape index (κ2) is 54.1. The number of hydrogen-bond donors (Lipinski definition) is 1. The molecule has 1 N–H and O–H groups in total. The molecule has 0 aromatic heterocycles. The lowest BCUT2D eigenvalue weighted by atomic mass is 10.1. The first-order valence-electron chi connectivity index (χ1n) is 38.5. The van der Waals surface area contributed by atoms with E-state index in [1.54, 1.807) is 31.6 Å². The minimum atomic E-state index is -0.351. The molecule has 0 aliphatic carbocycles. The first kappa shape index (κ1) is 95.5. The highest BCUT2D eigenvalue weighted by Crippen LogP contribution is 2.28. The SMILES string of the molecule is CCCCOC(=O)C1CC(=O)N(C(C)(C)C)C1.CCCCOC(=O)C1CC(=O)N(C(C)C)C1.CCCCOC(=O)C1CC(=O)N(CCCN(C)C)C1.CCCCOC(=O)C1CC(=O)N(CCCOC)C1.CCCCOC(=O)C1CC(=O)N(CCN(C)C)C1.CCCCOC(=O)C1CC(=O)N(CCO)C1. The summed E-state index contributed by atoms with van der Waals surface area (Å²) in [6, 6.07) is 0.168. The van der Waals surface area contributed by atoms with Gasteiger partial charge in [-0.05, 0) is 121 Å². The van der Waals surface area contributed by atoms with Gasteiger partial charge in [-0.1, -0.05) is 80.1 Å². The molecule has 0 spiro atoms. The van der Waals surface area contributed by atoms with Crippen molar-refractivity contribution in [3.05, 3.63) is 0 Å². The second-order valence-corrected chi connectivity index (χ2v) is 29.2. The van der Waals surface area contributed by atoms with Gasteiger partial charge in [-0.2, -0.15) is 0 Å². The molecule has 6 aliphatic rings. The summed E-state index contributed by atoms with van der Waals surface area (Å²) in [4.78, 5) is 155. The summed E-state index contributed by atoms with van der Waals surface area (Å²) in [5.41, 5.74) is -0.213. The third-order valence-corrected chi connectivity index (χ3v) is 18.0. The van der Waals surface area contributed by atoms with Gasteiger partial charge in [0.1, 0.15) is 0 Å². The van der Waals surface area contributed by atoms with Gasteiger partial charge in [0.05, 0.1) is 81.8 Å². The zero-order valence-corrected chi connectivity index (χ0v) is 66.6. The number of ether oxygens (including phenoxy) is 7. The van der Waals surface area contributed by atoms with E-state index in [-0.39, 0.29) is 138 Å². The molecule has 6 aliphatic heterocycles. The van der Waals surface area contributed by atoms with Crippen molar-refractivity contribution in [2.24, 2.45) is 35.5 Å². The number of carbonyl (C=O) groups excluding carboxylic acids is 12. The van der Waals surface area contributed by atoms with Crippen LogP contribution in [0.2, 0.25) is 0 Å². The molecule has 104 heavy (non-hydrogen) atoms. The third kappa shape index (κ3) is 38.7. The van der Waals surface area contributed by atoms with Crippen molar-refractivity contribution >= 4 is 71.3 Å². The maximum atomic E-state index is 11.8. The number of amides is 6. The van der Waals surface area contributed by atoms with Gasteiger partial charge < -0.3 is 77.5 Å². The monoisotopic (exact) mass is 1480 g/mol. The number of nitrogens with zero attached hydrogens (tertiary/aromatic N) is 8. The van der Waals surface area contributed by atoms with E-state index in [1.807, 2.05) is 95.4 Å². The van der Waals surface area contributed by atoms with Crippen molar-refractivity contribution in [1.82, 2.24) is 39.2 Å². The molecule has 0 saturated carbocycles. The Kier molecular flexibility index (Phi) is 49.7. The van der Waals surface area contributed by atoms with E-state index >= 15 is 0 Å². The molecule has 6 atom stereocenters. The zero-order chi connectivity index (χ0) is 78.3. The number of aliphatic hydroxyl groups excluding tert-OH is 1. The number of unbranched alkanes of at least 4 members (excludes halogenated alkanes) is 6. The molecule has 6 saturated heterocycles. The smallest absolute Gasteiger partial charge is 0.311 e. The predicted molar refractivity (Wildman–Crippen MR) is 394 cm³/mol. The number of likely N-dealkylation sites (N-methyl/N-ethyl adjacent to an activating group) is 1. The lowest BCUT2D eigenvalue weighted by Crippen LogP contribution is -2.42. The highest BCUT2D eigenvalue weighted by Gasteiger charge is 2.42. The van der Waals surface area contributed by atoms with Crippen LogP contribution in [0.1, 0.15) is 205 Å². The molecule has 6 fully saturated rings. The van der Waals surface area contributed by atoms with Crippen LogP contribution < -0.4 is 0 Å². The number of carbonyl (C=O) groups is 12. The molecule has 6 unspecified atom stereocenters. The van der Waals surface area contributed by atoms with Gasteiger partial charge in [0.2, 0.25) is 35.4 Å². The van der Waals surface area contributed by atoms with Crippen LogP contribution >= 0.6 is 0 Å². The van der Waals surface area contributed by atoms with Crippen LogP contribution in [0.4, 0.5) is 0 Å². The molecule has 6 amide bonds. The number of hydrogen-bond acceptors (Lipinski definition) is 22. The Morgan fingerprint density at radius 1 is 0.385 bits per heavy atom. The summed E-state index contributed by atoms with van der Waals surface area (Å²) in [5, 5.41) is 8.73. The van der Waals surface area contributed by atoms with Gasteiger partial charge in [-0.3, -0.25) is 57.5 Å². The standard InChI is InChI=1S/C14H26N2O3.C13H24N2O3.C13H23NO4.C13H23NO3.C12H21NO3.C11H19NO4/c1-4-5-9-19-14(18)12-10-13(17)16(11-12)8-6-7-15(2)3;1-4-5-8-18-13(17)11-9-12(16)15(10-11)7-6-14(2)3;1-3-4-8-18-13(16)11-9-12(15)14(10-11)6-5-7-17-2;1-5-6-7-17-12(16)10-8-11(15)14(9-10)13(2,3)4;1-4-5-6-16-12(15)10-7-11(14)13(8-10)9(2)3;1-2-3-6-16-11(15)9-7-10(14)12(8-9)4-5-13/h12H,4-11H2,1-3H3;11H,4-10H2,1-3H3;11H,3-10H2,1-2H3;10H,5-9H2,1-4H3;9-10H,4-8H2,1-3H3;9,13H,2-8H2,1H3. The fourth-order valence-corrected chi connectivity index (χ4v) is 11.5. The van der Waals surface area contributed by atoms with E-state index in [1.165, 1.54) is 4.90 Å². The Hall–Kier alpha value is -6.52. The number of methoxy groups -OCH3 is 1. The third-order valence-electron chi connectivity index (χ3n) is 18.0.